The molecule has 192 valence electrons. The van der Waals surface area contributed by atoms with E-state index < -0.39 is 42.0 Å². The van der Waals surface area contributed by atoms with E-state index in [1.807, 2.05) is 0 Å². The number of anilines is 1. The first-order chi connectivity index (χ1) is 18.3. The maximum atomic E-state index is 14.8. The van der Waals surface area contributed by atoms with Gasteiger partial charge in [-0.25, -0.2) is 23.1 Å². The topological polar surface area (TPSA) is 89.4 Å². The molecule has 3 aromatic rings. The molecule has 1 amide bonds. The second-order valence-corrected chi connectivity index (χ2v) is 8.78. The van der Waals surface area contributed by atoms with Crippen molar-refractivity contribution in [1.29, 1.82) is 0 Å². The molecule has 0 spiro atoms. The molecule has 0 unspecified atom stereocenters. The van der Waals surface area contributed by atoms with Crippen molar-refractivity contribution >= 4 is 22.8 Å². The van der Waals surface area contributed by atoms with Gasteiger partial charge in [0, 0.05) is 43.8 Å². The smallest absolute Gasteiger partial charge is 0.266 e. The van der Waals surface area contributed by atoms with Gasteiger partial charge >= 0.3 is 0 Å². The van der Waals surface area contributed by atoms with Crippen LogP contribution in [0.5, 0.6) is 0 Å². The fourth-order valence-corrected chi connectivity index (χ4v) is 4.68. The van der Waals surface area contributed by atoms with Crippen LogP contribution in [0.15, 0.2) is 35.4 Å². The van der Waals surface area contributed by atoms with Crippen molar-refractivity contribution in [3.8, 4) is 0 Å². The number of amides is 1. The van der Waals surface area contributed by atoms with E-state index in [1.54, 1.807) is 4.90 Å². The molecule has 1 aliphatic rings. The van der Waals surface area contributed by atoms with Gasteiger partial charge in [0.05, 0.1) is 22.6 Å². The number of halogens is 3. The van der Waals surface area contributed by atoms with E-state index in [4.69, 9.17) is 8.85 Å². The molecule has 1 saturated heterocycles. The molecule has 8 nitrogen and oxygen atoms in total. The molecule has 1 aliphatic heterocycles. The number of aryl methyl sites for hydroxylation is 1. The minimum atomic E-state index is -3.01. The second-order valence-electron chi connectivity index (χ2n) is 8.78. The molecule has 1 fully saturated rings. The van der Waals surface area contributed by atoms with Crippen LogP contribution in [-0.2, 0) is 22.1 Å². The molecule has 1 atom stereocenters. The lowest BCUT2D eigenvalue weighted by atomic mass is 9.84. The first-order valence-electron chi connectivity index (χ1n) is 12.9. The van der Waals surface area contributed by atoms with Crippen molar-refractivity contribution < 1.29 is 26.8 Å². The van der Waals surface area contributed by atoms with Gasteiger partial charge in [-0.15, -0.1) is 0 Å². The third-order valence-corrected chi connectivity index (χ3v) is 6.81. The molecular weight excluding hydrogens is 475 g/mol. The Morgan fingerprint density at radius 2 is 1.94 bits per heavy atom. The van der Waals surface area contributed by atoms with Gasteiger partial charge in [0.2, 0.25) is 5.91 Å². The van der Waals surface area contributed by atoms with Crippen LogP contribution in [0.25, 0.3) is 11.0 Å². The number of aromatic nitrogens is 3. The monoisotopic (exact) mass is 506 g/mol. The molecule has 0 radical (unpaired) electrons. The lowest BCUT2D eigenvalue weighted by Gasteiger charge is -2.40. The average molecular weight is 507 g/mol. The van der Waals surface area contributed by atoms with Crippen LogP contribution in [0.2, 0.25) is 0 Å². The van der Waals surface area contributed by atoms with Crippen molar-refractivity contribution in [2.75, 3.05) is 25.5 Å². The molecule has 0 aliphatic carbocycles. The van der Waals surface area contributed by atoms with Crippen LogP contribution in [0.3, 0.4) is 0 Å². The highest BCUT2D eigenvalue weighted by Gasteiger charge is 2.40. The number of likely N-dealkylation sites (tertiary alicyclic amines) is 1. The van der Waals surface area contributed by atoms with E-state index in [-0.39, 0.29) is 46.7 Å². The Balaban J connectivity index is 1.88. The SMILES string of the molecule is [2H]C([2H])([2H])n1c(=O)c(C2(OC)CCN(C(C)=O)CC2)cc2c(N[C@H](C)c3cccc(C(F)F)c3F)ncnc21. The highest BCUT2D eigenvalue weighted by atomic mass is 19.3. The fourth-order valence-electron chi connectivity index (χ4n) is 4.68. The Kier molecular flexibility index (Phi) is 5.98. The van der Waals surface area contributed by atoms with Crippen LogP contribution < -0.4 is 10.9 Å². The fraction of sp³-hybridized carbons (Fsp3) is 0.440. The standard InChI is InChI=1S/C25H28F3N5O3/c1-14(16-6-5-7-17(20(16)26)21(27)28)31-22-18-12-19(24(35)32(3)23(18)30-13-29-22)25(36-4)8-10-33(11-9-25)15(2)34/h5-7,12-14,21H,8-11H2,1-4H3,(H,29,30,31)/t14-/m1/s1/i3D3. The summed E-state index contributed by atoms with van der Waals surface area (Å²) in [4.78, 5) is 35.4. The number of fused-ring (bicyclic) bond motifs is 1. The molecule has 36 heavy (non-hydrogen) atoms. The van der Waals surface area contributed by atoms with E-state index in [0.717, 1.165) is 12.4 Å². The summed E-state index contributed by atoms with van der Waals surface area (Å²) in [5, 5.41) is 3.10. The van der Waals surface area contributed by atoms with E-state index in [9.17, 15) is 22.8 Å². The third kappa shape index (κ3) is 4.43. The Morgan fingerprint density at radius 1 is 1.25 bits per heavy atom. The first-order valence-corrected chi connectivity index (χ1v) is 11.4. The van der Waals surface area contributed by atoms with Crippen molar-refractivity contribution in [3.63, 3.8) is 0 Å². The number of nitrogens with zero attached hydrogens (tertiary/aromatic N) is 4. The molecule has 4 rings (SSSR count). The van der Waals surface area contributed by atoms with E-state index in [1.165, 1.54) is 39.2 Å². The van der Waals surface area contributed by atoms with Crippen LogP contribution >= 0.6 is 0 Å². The van der Waals surface area contributed by atoms with Crippen molar-refractivity contribution in [2.45, 2.75) is 44.8 Å². The van der Waals surface area contributed by atoms with Gasteiger partial charge in [-0.1, -0.05) is 18.2 Å². The second kappa shape index (κ2) is 9.88. The summed E-state index contributed by atoms with van der Waals surface area (Å²) >= 11 is 0. The van der Waals surface area contributed by atoms with Gasteiger partial charge in [-0.2, -0.15) is 0 Å². The number of benzene rings is 1. The normalized spacial score (nSPS) is 18.0. The molecule has 2 aromatic heterocycles. The number of alkyl halides is 2. The minimum absolute atomic E-state index is 0.0473. The Labute approximate surface area is 210 Å². The van der Waals surface area contributed by atoms with Gasteiger partial charge in [-0.3, -0.25) is 14.2 Å². The van der Waals surface area contributed by atoms with E-state index in [0.29, 0.717) is 17.7 Å². The number of carbonyl (C=O) groups excluding carboxylic acids is 1. The Bertz CT molecular complexity index is 1460. The van der Waals surface area contributed by atoms with Gasteiger partial charge < -0.3 is 15.0 Å². The summed E-state index contributed by atoms with van der Waals surface area (Å²) < 4.78 is 71.9. The van der Waals surface area contributed by atoms with Gasteiger partial charge in [0.25, 0.3) is 12.0 Å². The predicted octanol–water partition coefficient (Wildman–Crippen LogP) is 4.06. The zero-order valence-corrected chi connectivity index (χ0v) is 20.0. The quantitative estimate of drug-likeness (QED) is 0.543. The highest BCUT2D eigenvalue weighted by molar-refractivity contribution is 5.87. The van der Waals surface area contributed by atoms with E-state index in [2.05, 4.69) is 15.3 Å². The molecule has 0 saturated carbocycles. The number of piperidine rings is 1. The number of methoxy groups -OCH3 is 1. The molecule has 0 bridgehead atoms. The third-order valence-electron chi connectivity index (χ3n) is 6.81. The maximum absolute atomic E-state index is 14.8. The summed E-state index contributed by atoms with van der Waals surface area (Å²) in [6.07, 6.45) is -1.47. The molecule has 11 heteroatoms. The summed E-state index contributed by atoms with van der Waals surface area (Å²) in [6.45, 7) is 0.642. The number of nitrogens with one attached hydrogen (secondary N) is 1. The zero-order chi connectivity index (χ0) is 28.7. The van der Waals surface area contributed by atoms with Crippen LogP contribution in [0, 0.1) is 5.82 Å². The van der Waals surface area contributed by atoms with Crippen molar-refractivity contribution in [3.05, 3.63) is 63.5 Å². The largest absolute Gasteiger partial charge is 0.373 e. The van der Waals surface area contributed by atoms with Crippen molar-refractivity contribution in [1.82, 2.24) is 19.4 Å². The van der Waals surface area contributed by atoms with Crippen molar-refractivity contribution in [2.24, 2.45) is 6.98 Å². The molecule has 1 N–H and O–H groups in total. The minimum Gasteiger partial charge on any atom is -0.373 e. The van der Waals surface area contributed by atoms with Crippen LogP contribution in [0.1, 0.15) is 60.0 Å². The molecule has 3 heterocycles. The number of pyridine rings is 1. The Hall–Kier alpha value is -3.47. The van der Waals surface area contributed by atoms with Gasteiger partial charge in [0.15, 0.2) is 0 Å². The maximum Gasteiger partial charge on any atom is 0.266 e. The Morgan fingerprint density at radius 3 is 2.56 bits per heavy atom. The lowest BCUT2D eigenvalue weighted by Crippen LogP contribution is -2.48. The highest BCUT2D eigenvalue weighted by Crippen LogP contribution is 2.37. The summed E-state index contributed by atoms with van der Waals surface area (Å²) in [5.74, 6) is -1.13. The van der Waals surface area contributed by atoms with Gasteiger partial charge in [-0.05, 0) is 25.8 Å². The summed E-state index contributed by atoms with van der Waals surface area (Å²) in [7, 11) is 1.41. The first kappa shape index (κ1) is 21.8. The molecule has 1 aromatic carbocycles. The number of hydrogen-bond donors (Lipinski definition) is 1. The molecular formula is C25H28F3N5O3. The van der Waals surface area contributed by atoms with E-state index >= 15 is 0 Å². The zero-order valence-electron chi connectivity index (χ0n) is 23.0. The number of hydrogen-bond acceptors (Lipinski definition) is 6. The average Bonchev–Trinajstić information content (AvgIpc) is 2.87. The lowest BCUT2D eigenvalue weighted by molar-refractivity contribution is -0.135. The van der Waals surface area contributed by atoms with Crippen LogP contribution in [-0.4, -0.2) is 45.5 Å². The summed E-state index contributed by atoms with van der Waals surface area (Å²) in [5.41, 5.74) is -2.95. The number of rotatable bonds is 6. The number of ether oxygens (including phenoxy) is 1. The predicted molar refractivity (Wildman–Crippen MR) is 128 cm³/mol. The summed E-state index contributed by atoms with van der Waals surface area (Å²) in [6, 6.07) is 4.26. The van der Waals surface area contributed by atoms with Gasteiger partial charge in [0.1, 0.15) is 29.2 Å². The number of carbonyl (C=O) groups is 1. The van der Waals surface area contributed by atoms with Crippen LogP contribution in [0.4, 0.5) is 19.0 Å².